The highest BCUT2D eigenvalue weighted by molar-refractivity contribution is 5.81. The number of nitrogens with two attached hydrogens (primary N) is 1. The molecule has 0 aromatic heterocycles. The van der Waals surface area contributed by atoms with Gasteiger partial charge in [-0.3, -0.25) is 15.1 Å². The first-order valence-corrected chi connectivity index (χ1v) is 6.91. The quantitative estimate of drug-likeness (QED) is 0.443. The highest BCUT2D eigenvalue weighted by Gasteiger charge is 2.41. The molecular weight excluding hydrogens is 214 g/mol. The van der Waals surface area contributed by atoms with Crippen molar-refractivity contribution in [1.29, 1.82) is 0 Å². The zero-order valence-electron chi connectivity index (χ0n) is 11.0. The molecule has 1 heterocycles. The van der Waals surface area contributed by atoms with E-state index in [0.717, 1.165) is 12.5 Å². The molecule has 1 amide bonds. The summed E-state index contributed by atoms with van der Waals surface area (Å²) in [5.41, 5.74) is 2.34. The molecule has 4 heteroatoms. The molecule has 0 spiro atoms. The minimum Gasteiger partial charge on any atom is -0.293 e. The van der Waals surface area contributed by atoms with Crippen LogP contribution in [0.3, 0.4) is 0 Å². The van der Waals surface area contributed by atoms with E-state index < -0.39 is 0 Å². The Morgan fingerprint density at radius 1 is 1.29 bits per heavy atom. The van der Waals surface area contributed by atoms with Crippen LogP contribution in [0.4, 0.5) is 0 Å². The zero-order chi connectivity index (χ0) is 12.4. The third-order valence-electron chi connectivity index (χ3n) is 4.44. The SMILES string of the molecule is CC(C)C(C(=O)NN)N1CCCC2CCCC21. The van der Waals surface area contributed by atoms with Gasteiger partial charge in [-0.2, -0.15) is 0 Å². The number of nitrogens with zero attached hydrogens (tertiary/aromatic N) is 1. The number of hydrazine groups is 1. The second kappa shape index (κ2) is 5.36. The van der Waals surface area contributed by atoms with E-state index in [4.69, 9.17) is 5.84 Å². The predicted octanol–water partition coefficient (Wildman–Crippen LogP) is 1.27. The topological polar surface area (TPSA) is 58.4 Å². The lowest BCUT2D eigenvalue weighted by atomic mass is 9.88. The van der Waals surface area contributed by atoms with E-state index in [-0.39, 0.29) is 11.9 Å². The van der Waals surface area contributed by atoms with E-state index >= 15 is 0 Å². The normalized spacial score (nSPS) is 31.3. The minimum absolute atomic E-state index is 0.0208. The minimum atomic E-state index is -0.0501. The lowest BCUT2D eigenvalue weighted by Gasteiger charge is -2.43. The van der Waals surface area contributed by atoms with Crippen LogP contribution in [0, 0.1) is 11.8 Å². The highest BCUT2D eigenvalue weighted by atomic mass is 16.2. The van der Waals surface area contributed by atoms with Crippen LogP contribution in [0.15, 0.2) is 0 Å². The molecule has 0 radical (unpaired) electrons. The first-order chi connectivity index (χ1) is 8.15. The molecule has 1 saturated carbocycles. The number of carbonyl (C=O) groups excluding carboxylic acids is 1. The molecular formula is C13H25N3O. The van der Waals surface area contributed by atoms with Crippen LogP contribution in [0.5, 0.6) is 0 Å². The molecule has 0 bridgehead atoms. The van der Waals surface area contributed by atoms with Crippen molar-refractivity contribution in [2.45, 2.75) is 58.0 Å². The van der Waals surface area contributed by atoms with E-state index in [0.29, 0.717) is 12.0 Å². The van der Waals surface area contributed by atoms with E-state index in [1.165, 1.54) is 32.1 Å². The Morgan fingerprint density at radius 2 is 2.00 bits per heavy atom. The standard InChI is InChI=1S/C13H25N3O/c1-9(2)12(13(17)15-14)16-8-4-6-10-5-3-7-11(10)16/h9-12H,3-8,14H2,1-2H3,(H,15,17). The lowest BCUT2D eigenvalue weighted by molar-refractivity contribution is -0.130. The van der Waals surface area contributed by atoms with Gasteiger partial charge in [0.05, 0.1) is 6.04 Å². The smallest absolute Gasteiger partial charge is 0.251 e. The third-order valence-corrected chi connectivity index (χ3v) is 4.44. The van der Waals surface area contributed by atoms with Crippen molar-refractivity contribution in [1.82, 2.24) is 10.3 Å². The van der Waals surface area contributed by atoms with E-state index in [1.54, 1.807) is 0 Å². The molecule has 3 unspecified atom stereocenters. The Hall–Kier alpha value is -0.610. The lowest BCUT2D eigenvalue weighted by Crippen LogP contribution is -2.57. The van der Waals surface area contributed by atoms with Crippen LogP contribution >= 0.6 is 0 Å². The maximum Gasteiger partial charge on any atom is 0.251 e. The van der Waals surface area contributed by atoms with Crippen LogP contribution in [0.1, 0.15) is 46.0 Å². The van der Waals surface area contributed by atoms with Crippen molar-refractivity contribution in [3.8, 4) is 0 Å². The Bertz CT molecular complexity index is 280. The van der Waals surface area contributed by atoms with Gasteiger partial charge in [0.25, 0.3) is 5.91 Å². The van der Waals surface area contributed by atoms with Crippen LogP contribution < -0.4 is 11.3 Å². The van der Waals surface area contributed by atoms with Crippen molar-refractivity contribution in [2.24, 2.45) is 17.7 Å². The second-order valence-corrected chi connectivity index (χ2v) is 5.84. The van der Waals surface area contributed by atoms with Crippen molar-refractivity contribution >= 4 is 5.91 Å². The molecule has 0 aromatic carbocycles. The average Bonchev–Trinajstić information content (AvgIpc) is 2.77. The van der Waals surface area contributed by atoms with Crippen molar-refractivity contribution in [3.05, 3.63) is 0 Å². The highest BCUT2D eigenvalue weighted by Crippen LogP contribution is 2.38. The fourth-order valence-electron chi connectivity index (χ4n) is 3.76. The monoisotopic (exact) mass is 239 g/mol. The summed E-state index contributed by atoms with van der Waals surface area (Å²) in [6.07, 6.45) is 6.49. The molecule has 0 aromatic rings. The molecule has 4 nitrogen and oxygen atoms in total. The Morgan fingerprint density at radius 3 is 2.65 bits per heavy atom. The molecule has 3 atom stereocenters. The fraction of sp³-hybridized carbons (Fsp3) is 0.923. The molecule has 2 aliphatic rings. The Kier molecular flexibility index (Phi) is 4.05. The van der Waals surface area contributed by atoms with Crippen molar-refractivity contribution in [2.75, 3.05) is 6.54 Å². The number of carbonyl (C=O) groups is 1. The first kappa shape index (κ1) is 12.8. The van der Waals surface area contributed by atoms with E-state index in [2.05, 4.69) is 24.2 Å². The van der Waals surface area contributed by atoms with Gasteiger partial charge in [0.1, 0.15) is 0 Å². The largest absolute Gasteiger partial charge is 0.293 e. The van der Waals surface area contributed by atoms with E-state index in [1.807, 2.05) is 0 Å². The molecule has 3 N–H and O–H groups in total. The van der Waals surface area contributed by atoms with Crippen LogP contribution in [-0.4, -0.2) is 29.4 Å². The summed E-state index contributed by atoms with van der Waals surface area (Å²) in [5.74, 6) is 6.44. The molecule has 1 aliphatic heterocycles. The van der Waals surface area contributed by atoms with Gasteiger partial charge in [-0.05, 0) is 44.1 Å². The fourth-order valence-corrected chi connectivity index (χ4v) is 3.76. The number of hydrogen-bond donors (Lipinski definition) is 2. The van der Waals surface area contributed by atoms with Gasteiger partial charge in [0.15, 0.2) is 0 Å². The molecule has 1 aliphatic carbocycles. The number of amides is 1. The number of rotatable bonds is 3. The van der Waals surface area contributed by atoms with Crippen LogP contribution in [-0.2, 0) is 4.79 Å². The molecule has 98 valence electrons. The van der Waals surface area contributed by atoms with Gasteiger partial charge >= 0.3 is 0 Å². The summed E-state index contributed by atoms with van der Waals surface area (Å²) in [6.45, 7) is 5.27. The van der Waals surface area contributed by atoms with Crippen molar-refractivity contribution in [3.63, 3.8) is 0 Å². The maximum atomic E-state index is 12.0. The Balaban J connectivity index is 2.14. The van der Waals surface area contributed by atoms with Gasteiger partial charge < -0.3 is 0 Å². The molecule has 2 rings (SSSR count). The van der Waals surface area contributed by atoms with Gasteiger partial charge in [0.2, 0.25) is 0 Å². The number of nitrogens with one attached hydrogen (secondary N) is 1. The predicted molar refractivity (Wildman–Crippen MR) is 68.0 cm³/mol. The molecule has 17 heavy (non-hydrogen) atoms. The summed E-state index contributed by atoms with van der Waals surface area (Å²) in [6, 6.07) is 0.569. The van der Waals surface area contributed by atoms with E-state index in [9.17, 15) is 4.79 Å². The number of fused-ring (bicyclic) bond motifs is 1. The summed E-state index contributed by atoms with van der Waals surface area (Å²) in [5, 5.41) is 0. The molecule has 2 fully saturated rings. The second-order valence-electron chi connectivity index (χ2n) is 5.84. The van der Waals surface area contributed by atoms with Crippen molar-refractivity contribution < 1.29 is 4.79 Å². The van der Waals surface area contributed by atoms with Gasteiger partial charge in [-0.15, -0.1) is 0 Å². The van der Waals surface area contributed by atoms with Gasteiger partial charge in [-0.25, -0.2) is 5.84 Å². The summed E-state index contributed by atoms with van der Waals surface area (Å²) >= 11 is 0. The average molecular weight is 239 g/mol. The third kappa shape index (κ3) is 2.47. The van der Waals surface area contributed by atoms with Gasteiger partial charge in [-0.1, -0.05) is 20.3 Å². The van der Waals surface area contributed by atoms with Gasteiger partial charge in [0, 0.05) is 6.04 Å². The summed E-state index contributed by atoms with van der Waals surface area (Å²) < 4.78 is 0. The van der Waals surface area contributed by atoms with Crippen LogP contribution in [0.25, 0.3) is 0 Å². The first-order valence-electron chi connectivity index (χ1n) is 6.91. The van der Waals surface area contributed by atoms with Crippen LogP contribution in [0.2, 0.25) is 0 Å². The number of piperidine rings is 1. The summed E-state index contributed by atoms with van der Waals surface area (Å²) in [7, 11) is 0. The zero-order valence-corrected chi connectivity index (χ0v) is 11.0. The number of likely N-dealkylation sites (tertiary alicyclic amines) is 1. The maximum absolute atomic E-state index is 12.0. The molecule has 1 saturated heterocycles. The Labute approximate surface area is 104 Å². The summed E-state index contributed by atoms with van der Waals surface area (Å²) in [4.78, 5) is 14.4. The number of hydrogen-bond acceptors (Lipinski definition) is 3.